The molecule has 1 aromatic carbocycles. The Morgan fingerprint density at radius 2 is 1.96 bits per heavy atom. The van der Waals surface area contributed by atoms with E-state index in [1.807, 2.05) is 41.3 Å². The van der Waals surface area contributed by atoms with Crippen molar-refractivity contribution in [2.45, 2.75) is 19.4 Å². The summed E-state index contributed by atoms with van der Waals surface area (Å²) >= 11 is 0. The summed E-state index contributed by atoms with van der Waals surface area (Å²) in [5, 5.41) is 7.53. The van der Waals surface area contributed by atoms with Gasteiger partial charge in [-0.25, -0.2) is 0 Å². The predicted octanol–water partition coefficient (Wildman–Crippen LogP) is 2.41. The number of piperidine rings is 1. The maximum Gasteiger partial charge on any atom is 0.227 e. The van der Waals surface area contributed by atoms with Crippen molar-refractivity contribution < 1.29 is 9.32 Å². The molecule has 1 unspecified atom stereocenters. The summed E-state index contributed by atoms with van der Waals surface area (Å²) in [5.74, 6) is 1.23. The van der Waals surface area contributed by atoms with Gasteiger partial charge in [0.05, 0.1) is 11.6 Å². The molecular formula is C20H27ClN4O2. The first-order chi connectivity index (χ1) is 12.8. The predicted molar refractivity (Wildman–Crippen MR) is 107 cm³/mol. The van der Waals surface area contributed by atoms with Crippen molar-refractivity contribution >= 4 is 18.3 Å². The molecule has 0 radical (unpaired) electrons. The van der Waals surface area contributed by atoms with Crippen LogP contribution in [0.5, 0.6) is 0 Å². The minimum absolute atomic E-state index is 0. The summed E-state index contributed by atoms with van der Waals surface area (Å²) in [6, 6.07) is 12.0. The van der Waals surface area contributed by atoms with Crippen LogP contribution in [0.15, 0.2) is 40.9 Å². The van der Waals surface area contributed by atoms with Crippen LogP contribution in [0.1, 0.15) is 18.5 Å². The van der Waals surface area contributed by atoms with Gasteiger partial charge < -0.3 is 14.7 Å². The molecule has 7 heteroatoms. The topological polar surface area (TPSA) is 61.6 Å². The van der Waals surface area contributed by atoms with Gasteiger partial charge in [0, 0.05) is 50.9 Å². The number of benzene rings is 1. The number of nitrogens with zero attached hydrogens (tertiary/aromatic N) is 3. The molecule has 1 amide bonds. The lowest BCUT2D eigenvalue weighted by atomic mass is 9.96. The maximum absolute atomic E-state index is 12.8. The highest BCUT2D eigenvalue weighted by atomic mass is 35.5. The number of halogens is 1. The summed E-state index contributed by atoms with van der Waals surface area (Å²) in [6.07, 6.45) is 2.05. The van der Waals surface area contributed by atoms with Crippen LogP contribution in [0.4, 0.5) is 0 Å². The van der Waals surface area contributed by atoms with Gasteiger partial charge in [0.15, 0.2) is 5.76 Å². The fourth-order valence-corrected chi connectivity index (χ4v) is 3.90. The van der Waals surface area contributed by atoms with Crippen LogP contribution in [0, 0.1) is 5.92 Å². The Bertz CT molecular complexity index is 731. The number of carbonyl (C=O) groups is 1. The van der Waals surface area contributed by atoms with E-state index in [0.717, 1.165) is 75.7 Å². The number of rotatable bonds is 4. The molecule has 2 saturated heterocycles. The van der Waals surface area contributed by atoms with Crippen LogP contribution >= 0.6 is 12.4 Å². The van der Waals surface area contributed by atoms with Crippen LogP contribution in [0.2, 0.25) is 0 Å². The Morgan fingerprint density at radius 3 is 2.74 bits per heavy atom. The summed E-state index contributed by atoms with van der Waals surface area (Å²) < 4.78 is 5.50. The zero-order valence-electron chi connectivity index (χ0n) is 15.5. The van der Waals surface area contributed by atoms with Gasteiger partial charge in [-0.3, -0.25) is 9.69 Å². The van der Waals surface area contributed by atoms with Gasteiger partial charge in [-0.15, -0.1) is 12.4 Å². The van der Waals surface area contributed by atoms with E-state index in [-0.39, 0.29) is 18.3 Å². The molecule has 1 atom stereocenters. The quantitative estimate of drug-likeness (QED) is 0.868. The maximum atomic E-state index is 12.8. The number of likely N-dealkylation sites (tertiary alicyclic amines) is 1. The first-order valence-electron chi connectivity index (χ1n) is 9.52. The standard InChI is InChI=1S/C20H26N4O2.ClH/c25-20(24-11-8-21-9-12-24)17-7-4-10-23(14-17)15-18-13-19(26-22-18)16-5-2-1-3-6-16;/h1-3,5-6,13,17,21H,4,7-12,14-15H2;1H. The normalized spacial score (nSPS) is 20.9. The van der Waals surface area contributed by atoms with E-state index >= 15 is 0 Å². The van der Waals surface area contributed by atoms with Gasteiger partial charge in [0.2, 0.25) is 5.91 Å². The molecule has 2 aromatic rings. The monoisotopic (exact) mass is 390 g/mol. The molecule has 1 N–H and O–H groups in total. The lowest BCUT2D eigenvalue weighted by Crippen LogP contribution is -2.51. The molecule has 2 fully saturated rings. The van der Waals surface area contributed by atoms with Crippen molar-refractivity contribution in [2.75, 3.05) is 39.3 Å². The van der Waals surface area contributed by atoms with Gasteiger partial charge in [0.25, 0.3) is 0 Å². The highest BCUT2D eigenvalue weighted by Gasteiger charge is 2.30. The van der Waals surface area contributed by atoms with Crippen LogP contribution in [-0.4, -0.2) is 60.1 Å². The van der Waals surface area contributed by atoms with Crippen LogP contribution in [-0.2, 0) is 11.3 Å². The molecule has 27 heavy (non-hydrogen) atoms. The molecule has 2 aliphatic rings. The molecule has 1 aromatic heterocycles. The third kappa shape index (κ3) is 4.89. The number of hydrogen-bond donors (Lipinski definition) is 1. The Labute approximate surface area is 166 Å². The molecule has 4 rings (SSSR count). The minimum Gasteiger partial charge on any atom is -0.356 e. The molecule has 0 aliphatic carbocycles. The van der Waals surface area contributed by atoms with Crippen molar-refractivity contribution in [3.05, 3.63) is 42.1 Å². The zero-order valence-corrected chi connectivity index (χ0v) is 16.3. The molecule has 0 saturated carbocycles. The van der Waals surface area contributed by atoms with Gasteiger partial charge in [0.1, 0.15) is 0 Å². The smallest absolute Gasteiger partial charge is 0.227 e. The number of carbonyl (C=O) groups excluding carboxylic acids is 1. The zero-order chi connectivity index (χ0) is 17.8. The summed E-state index contributed by atoms with van der Waals surface area (Å²) in [4.78, 5) is 17.1. The third-order valence-corrected chi connectivity index (χ3v) is 5.29. The molecule has 146 valence electrons. The largest absolute Gasteiger partial charge is 0.356 e. The fourth-order valence-electron chi connectivity index (χ4n) is 3.90. The van der Waals surface area contributed by atoms with Gasteiger partial charge in [-0.1, -0.05) is 35.5 Å². The third-order valence-electron chi connectivity index (χ3n) is 5.29. The van der Waals surface area contributed by atoms with Crippen molar-refractivity contribution in [2.24, 2.45) is 5.92 Å². The van der Waals surface area contributed by atoms with Crippen molar-refractivity contribution in [1.82, 2.24) is 20.3 Å². The fraction of sp³-hybridized carbons (Fsp3) is 0.500. The van der Waals surface area contributed by atoms with E-state index < -0.39 is 0 Å². The molecule has 0 bridgehead atoms. The first-order valence-corrected chi connectivity index (χ1v) is 9.52. The van der Waals surface area contributed by atoms with Crippen molar-refractivity contribution in [3.63, 3.8) is 0 Å². The van der Waals surface area contributed by atoms with Crippen LogP contribution < -0.4 is 5.32 Å². The van der Waals surface area contributed by atoms with E-state index in [9.17, 15) is 4.79 Å². The lowest BCUT2D eigenvalue weighted by Gasteiger charge is -2.36. The van der Waals surface area contributed by atoms with Gasteiger partial charge in [-0.05, 0) is 19.4 Å². The highest BCUT2D eigenvalue weighted by molar-refractivity contribution is 5.85. The highest BCUT2D eigenvalue weighted by Crippen LogP contribution is 2.23. The van der Waals surface area contributed by atoms with E-state index in [1.165, 1.54) is 0 Å². The second-order valence-electron chi connectivity index (χ2n) is 7.20. The van der Waals surface area contributed by atoms with Crippen LogP contribution in [0.3, 0.4) is 0 Å². The number of piperazine rings is 1. The molecular weight excluding hydrogens is 364 g/mol. The minimum atomic E-state index is 0. The van der Waals surface area contributed by atoms with Crippen molar-refractivity contribution in [1.29, 1.82) is 0 Å². The number of nitrogens with one attached hydrogen (secondary N) is 1. The second kappa shape index (κ2) is 9.35. The average Bonchev–Trinajstić information content (AvgIpc) is 3.17. The lowest BCUT2D eigenvalue weighted by molar-refractivity contribution is -0.138. The molecule has 2 aliphatic heterocycles. The Balaban J connectivity index is 0.00000210. The average molecular weight is 391 g/mol. The van der Waals surface area contributed by atoms with E-state index in [4.69, 9.17) is 4.52 Å². The number of aromatic nitrogens is 1. The van der Waals surface area contributed by atoms with E-state index in [0.29, 0.717) is 5.91 Å². The summed E-state index contributed by atoms with van der Waals surface area (Å²) in [6.45, 7) is 6.04. The number of hydrogen-bond acceptors (Lipinski definition) is 5. The van der Waals surface area contributed by atoms with E-state index in [2.05, 4.69) is 15.4 Å². The Morgan fingerprint density at radius 1 is 1.19 bits per heavy atom. The summed E-state index contributed by atoms with van der Waals surface area (Å²) in [7, 11) is 0. The second-order valence-corrected chi connectivity index (χ2v) is 7.20. The number of amides is 1. The molecule has 0 spiro atoms. The van der Waals surface area contributed by atoms with Gasteiger partial charge in [-0.2, -0.15) is 0 Å². The SMILES string of the molecule is Cl.O=C(C1CCCN(Cc2cc(-c3ccccc3)on2)C1)N1CCNCC1. The first kappa shape index (κ1) is 19.9. The van der Waals surface area contributed by atoms with Gasteiger partial charge >= 0.3 is 0 Å². The van der Waals surface area contributed by atoms with E-state index in [1.54, 1.807) is 0 Å². The van der Waals surface area contributed by atoms with Crippen LogP contribution in [0.25, 0.3) is 11.3 Å². The Kier molecular flexibility index (Phi) is 6.88. The molecule has 3 heterocycles. The molecule has 6 nitrogen and oxygen atoms in total. The summed E-state index contributed by atoms with van der Waals surface area (Å²) in [5.41, 5.74) is 1.97. The van der Waals surface area contributed by atoms with Crippen molar-refractivity contribution in [3.8, 4) is 11.3 Å². The Hall–Kier alpha value is -1.89.